The van der Waals surface area contributed by atoms with E-state index in [1.165, 1.54) is 4.90 Å². The summed E-state index contributed by atoms with van der Waals surface area (Å²) in [5.74, 6) is -1.89. The zero-order chi connectivity index (χ0) is 18.7. The van der Waals surface area contributed by atoms with E-state index in [4.69, 9.17) is 11.6 Å². The van der Waals surface area contributed by atoms with E-state index in [0.717, 1.165) is 11.1 Å². The van der Waals surface area contributed by atoms with Gasteiger partial charge in [-0.1, -0.05) is 41.9 Å². The van der Waals surface area contributed by atoms with Crippen LogP contribution in [-0.4, -0.2) is 22.8 Å². The van der Waals surface area contributed by atoms with Crippen molar-refractivity contribution >= 4 is 35.2 Å². The number of nitriles is 1. The first kappa shape index (κ1) is 16.1. The lowest BCUT2D eigenvalue weighted by Gasteiger charge is -2.33. The summed E-state index contributed by atoms with van der Waals surface area (Å²) in [6.07, 6.45) is 3.77. The highest BCUT2D eigenvalue weighted by atomic mass is 35.5. The van der Waals surface area contributed by atoms with Crippen LogP contribution < -0.4 is 4.90 Å². The number of carbonyl (C=O) groups is 2. The van der Waals surface area contributed by atoms with Crippen molar-refractivity contribution < 1.29 is 9.59 Å². The summed E-state index contributed by atoms with van der Waals surface area (Å²) < 4.78 is 0. The minimum Gasteiger partial charge on any atom is -0.353 e. The van der Waals surface area contributed by atoms with Gasteiger partial charge in [0, 0.05) is 11.2 Å². The molecule has 3 aliphatic heterocycles. The molecule has 5 rings (SSSR count). The van der Waals surface area contributed by atoms with Crippen LogP contribution >= 0.6 is 11.6 Å². The summed E-state index contributed by atoms with van der Waals surface area (Å²) in [6, 6.07) is 15.8. The molecule has 2 fully saturated rings. The Morgan fingerprint density at radius 3 is 2.56 bits per heavy atom. The molecule has 0 aromatic heterocycles. The molecule has 0 radical (unpaired) electrons. The van der Waals surface area contributed by atoms with E-state index in [1.807, 2.05) is 41.4 Å². The van der Waals surface area contributed by atoms with Gasteiger partial charge in [0.2, 0.25) is 11.8 Å². The van der Waals surface area contributed by atoms with Gasteiger partial charge in [0.15, 0.2) is 0 Å². The van der Waals surface area contributed by atoms with E-state index in [-0.39, 0.29) is 17.9 Å². The van der Waals surface area contributed by atoms with Crippen LogP contribution in [0.25, 0.3) is 6.08 Å². The molecule has 3 aliphatic rings. The number of halogens is 1. The van der Waals surface area contributed by atoms with Gasteiger partial charge in [-0.2, -0.15) is 5.26 Å². The molecular weight excluding hydrogens is 362 g/mol. The number of fused-ring (bicyclic) bond motifs is 5. The number of carbonyl (C=O) groups excluding carboxylic acids is 2. The van der Waals surface area contributed by atoms with Crippen molar-refractivity contribution in [3.05, 3.63) is 70.9 Å². The third-order valence-electron chi connectivity index (χ3n) is 5.66. The van der Waals surface area contributed by atoms with Gasteiger partial charge in [-0.3, -0.25) is 9.59 Å². The van der Waals surface area contributed by atoms with Gasteiger partial charge in [-0.05, 0) is 35.4 Å². The van der Waals surface area contributed by atoms with Crippen LogP contribution in [0.4, 0.5) is 5.69 Å². The first-order valence-electron chi connectivity index (χ1n) is 8.69. The molecule has 6 heteroatoms. The van der Waals surface area contributed by atoms with Gasteiger partial charge in [-0.15, -0.1) is 0 Å². The smallest absolute Gasteiger partial charge is 0.240 e. The van der Waals surface area contributed by atoms with Crippen molar-refractivity contribution in [3.8, 4) is 6.07 Å². The molecule has 0 bridgehead atoms. The Bertz CT molecular complexity index is 1060. The fourth-order valence-corrected chi connectivity index (χ4v) is 4.76. The fourth-order valence-electron chi connectivity index (χ4n) is 4.58. The Balaban J connectivity index is 1.65. The third-order valence-corrected chi connectivity index (χ3v) is 5.90. The molecule has 0 spiro atoms. The lowest BCUT2D eigenvalue weighted by Crippen LogP contribution is -2.40. The van der Waals surface area contributed by atoms with Crippen molar-refractivity contribution in [2.75, 3.05) is 4.90 Å². The van der Waals surface area contributed by atoms with Crippen LogP contribution in [0.15, 0.2) is 54.7 Å². The Kier molecular flexibility index (Phi) is 3.40. The number of rotatable bonds is 1. The molecule has 0 aliphatic carbocycles. The second-order valence-corrected chi connectivity index (χ2v) is 7.39. The molecular formula is C21H14ClN3O2. The quantitative estimate of drug-likeness (QED) is 0.717. The Hall–Kier alpha value is -3.10. The number of anilines is 1. The Labute approximate surface area is 161 Å². The van der Waals surface area contributed by atoms with Crippen LogP contribution in [0.5, 0.6) is 0 Å². The van der Waals surface area contributed by atoms with Gasteiger partial charge in [0.25, 0.3) is 0 Å². The largest absolute Gasteiger partial charge is 0.353 e. The topological polar surface area (TPSA) is 64.4 Å². The molecule has 2 aromatic rings. The number of nitrogens with zero attached hydrogens (tertiary/aromatic N) is 3. The fraction of sp³-hybridized carbons (Fsp3) is 0.190. The molecule has 3 heterocycles. The maximum absolute atomic E-state index is 13.3. The van der Waals surface area contributed by atoms with E-state index < -0.39 is 17.9 Å². The molecule has 132 valence electrons. The van der Waals surface area contributed by atoms with Crippen LogP contribution in [0.3, 0.4) is 0 Å². The van der Waals surface area contributed by atoms with Gasteiger partial charge >= 0.3 is 0 Å². The Morgan fingerprint density at radius 2 is 1.78 bits per heavy atom. The second kappa shape index (κ2) is 5.70. The zero-order valence-corrected chi connectivity index (χ0v) is 14.9. The molecule has 27 heavy (non-hydrogen) atoms. The monoisotopic (exact) mass is 375 g/mol. The molecule has 0 saturated carbocycles. The SMILES string of the molecule is N#C[C@@H]1[C@@H]2C(=O)N(c3cccc(Cl)c3)C(=O)[C@@H]2[C@@H]2c3ccccc3C=CN12. The summed E-state index contributed by atoms with van der Waals surface area (Å²) >= 11 is 6.05. The van der Waals surface area contributed by atoms with E-state index >= 15 is 0 Å². The minimum atomic E-state index is -0.692. The molecule has 4 atom stereocenters. The average molecular weight is 376 g/mol. The molecule has 2 amide bonds. The maximum atomic E-state index is 13.3. The lowest BCUT2D eigenvalue weighted by molar-refractivity contribution is -0.123. The molecule has 5 nitrogen and oxygen atoms in total. The van der Waals surface area contributed by atoms with Crippen molar-refractivity contribution in [1.82, 2.24) is 4.90 Å². The average Bonchev–Trinajstić information content (AvgIpc) is 3.14. The first-order chi connectivity index (χ1) is 13.1. The van der Waals surface area contributed by atoms with E-state index in [9.17, 15) is 14.9 Å². The number of hydrogen-bond donors (Lipinski definition) is 0. The van der Waals surface area contributed by atoms with Crippen molar-refractivity contribution in [2.24, 2.45) is 11.8 Å². The highest BCUT2D eigenvalue weighted by molar-refractivity contribution is 6.31. The predicted molar refractivity (Wildman–Crippen MR) is 100 cm³/mol. The summed E-state index contributed by atoms with van der Waals surface area (Å²) in [6.45, 7) is 0. The van der Waals surface area contributed by atoms with Crippen LogP contribution in [0.2, 0.25) is 5.02 Å². The number of imide groups is 1. The molecule has 2 aromatic carbocycles. The maximum Gasteiger partial charge on any atom is 0.240 e. The summed E-state index contributed by atoms with van der Waals surface area (Å²) in [5, 5.41) is 10.2. The summed E-state index contributed by atoms with van der Waals surface area (Å²) in [7, 11) is 0. The van der Waals surface area contributed by atoms with Crippen molar-refractivity contribution in [3.63, 3.8) is 0 Å². The molecule has 2 saturated heterocycles. The Morgan fingerprint density at radius 1 is 1.00 bits per heavy atom. The van der Waals surface area contributed by atoms with E-state index in [0.29, 0.717) is 10.7 Å². The van der Waals surface area contributed by atoms with Gasteiger partial charge in [-0.25, -0.2) is 4.90 Å². The first-order valence-corrected chi connectivity index (χ1v) is 9.07. The normalized spacial score (nSPS) is 28.0. The second-order valence-electron chi connectivity index (χ2n) is 6.95. The van der Waals surface area contributed by atoms with E-state index in [1.54, 1.807) is 24.3 Å². The summed E-state index contributed by atoms with van der Waals surface area (Å²) in [5.41, 5.74) is 2.44. The van der Waals surface area contributed by atoms with E-state index in [2.05, 4.69) is 6.07 Å². The zero-order valence-electron chi connectivity index (χ0n) is 14.1. The van der Waals surface area contributed by atoms with Crippen LogP contribution in [0, 0.1) is 23.2 Å². The number of amides is 2. The highest BCUT2D eigenvalue weighted by Crippen LogP contribution is 2.52. The highest BCUT2D eigenvalue weighted by Gasteiger charge is 2.63. The minimum absolute atomic E-state index is 0.273. The van der Waals surface area contributed by atoms with Crippen molar-refractivity contribution in [2.45, 2.75) is 12.1 Å². The number of hydrogen-bond acceptors (Lipinski definition) is 4. The third kappa shape index (κ3) is 2.11. The van der Waals surface area contributed by atoms with Crippen molar-refractivity contribution in [1.29, 1.82) is 5.26 Å². The lowest BCUT2D eigenvalue weighted by atomic mass is 9.85. The van der Waals surface area contributed by atoms with Gasteiger partial charge in [0.05, 0.1) is 29.6 Å². The van der Waals surface area contributed by atoms with Gasteiger partial charge < -0.3 is 4.90 Å². The molecule has 0 unspecified atom stereocenters. The number of benzene rings is 2. The summed E-state index contributed by atoms with van der Waals surface area (Å²) in [4.78, 5) is 29.6. The molecule has 0 N–H and O–H groups in total. The van der Waals surface area contributed by atoms with Crippen LogP contribution in [-0.2, 0) is 9.59 Å². The predicted octanol–water partition coefficient (Wildman–Crippen LogP) is 3.38. The standard InChI is InChI=1S/C21H14ClN3O2/c22-13-5-3-6-14(10-13)25-20(26)17-16(11-23)24-9-8-12-4-1-2-7-15(12)19(24)18(17)21(25)27/h1-10,16-19H/t16-,17+,18+,19+/m1/s1. The van der Waals surface area contributed by atoms with Gasteiger partial charge in [0.1, 0.15) is 6.04 Å². The van der Waals surface area contributed by atoms with Crippen LogP contribution in [0.1, 0.15) is 17.2 Å².